The predicted molar refractivity (Wildman–Crippen MR) is 53.6 cm³/mol. The molecule has 0 spiro atoms. The van der Waals surface area contributed by atoms with Gasteiger partial charge in [0.2, 0.25) is 0 Å². The third-order valence-electron chi connectivity index (χ3n) is 2.25. The Bertz CT molecular complexity index is 642. The van der Waals surface area contributed by atoms with Gasteiger partial charge in [0.05, 0.1) is 0 Å². The molecule has 0 aromatic heterocycles. The van der Waals surface area contributed by atoms with E-state index in [1.807, 2.05) is 9.47 Å². The van der Waals surface area contributed by atoms with Crippen LogP contribution in [0.15, 0.2) is 23.5 Å². The van der Waals surface area contributed by atoms with Gasteiger partial charge in [-0.05, 0) is 0 Å². The van der Waals surface area contributed by atoms with Crippen LogP contribution in [0.4, 0.5) is 79.0 Å². The van der Waals surface area contributed by atoms with Crippen LogP contribution in [0.1, 0.15) is 0 Å². The van der Waals surface area contributed by atoms with Gasteiger partial charge in [-0.25, -0.2) is 0 Å². The summed E-state index contributed by atoms with van der Waals surface area (Å²) in [6.45, 7) is 0. The highest BCUT2D eigenvalue weighted by Gasteiger charge is 2.68. The lowest BCUT2D eigenvalue weighted by atomic mass is 10.2. The van der Waals surface area contributed by atoms with Crippen LogP contribution in [-0.4, -0.2) is 36.9 Å². The second-order valence-electron chi connectivity index (χ2n) is 4.55. The van der Waals surface area contributed by atoms with Gasteiger partial charge in [-0.2, -0.15) is 52.7 Å². The van der Waals surface area contributed by atoms with E-state index in [1.54, 1.807) is 0 Å². The second kappa shape index (κ2) is 8.28. The third kappa shape index (κ3) is 7.36. The van der Waals surface area contributed by atoms with Crippen LogP contribution in [0.3, 0.4) is 0 Å². The summed E-state index contributed by atoms with van der Waals surface area (Å²) in [5, 5.41) is 0. The Labute approximate surface area is 155 Å². The summed E-state index contributed by atoms with van der Waals surface area (Å²) in [4.78, 5) is 0. The molecule has 31 heavy (non-hydrogen) atoms. The molecule has 0 atom stereocenters. The zero-order chi connectivity index (χ0) is 25.4. The fourth-order valence-corrected chi connectivity index (χ4v) is 1.11. The van der Waals surface area contributed by atoms with Crippen LogP contribution in [0.2, 0.25) is 0 Å². The van der Waals surface area contributed by atoms with E-state index in [2.05, 4.69) is 4.74 Å². The van der Waals surface area contributed by atoms with Crippen LogP contribution in [0.25, 0.3) is 0 Å². The Morgan fingerprint density at radius 3 is 0.806 bits per heavy atom. The fraction of sp³-hybridized carbons (Fsp3) is 0.600. The number of hydrogen-bond donors (Lipinski definition) is 0. The lowest BCUT2D eigenvalue weighted by Gasteiger charge is -2.27. The standard InChI is InChI=1S/C10F18O3/c11-3(30-9(23,24)25)1(5(13,14)7(17,18)19)29-2(4(12)31-10(26,27)28)6(15,16)8(20,21)22. The molecular weight excluding hydrogens is 510 g/mol. The predicted octanol–water partition coefficient (Wildman–Crippen LogP) is 6.75. The monoisotopic (exact) mass is 510 g/mol. The Hall–Kier alpha value is -2.38. The van der Waals surface area contributed by atoms with Crippen molar-refractivity contribution in [2.45, 2.75) is 36.9 Å². The van der Waals surface area contributed by atoms with Gasteiger partial charge in [-0.15, -0.1) is 26.3 Å². The van der Waals surface area contributed by atoms with E-state index in [9.17, 15) is 79.0 Å². The molecule has 184 valence electrons. The quantitative estimate of drug-likeness (QED) is 0.293. The van der Waals surface area contributed by atoms with Crippen LogP contribution < -0.4 is 0 Å². The molecule has 0 N–H and O–H groups in total. The molecule has 0 saturated carbocycles. The summed E-state index contributed by atoms with van der Waals surface area (Å²) in [6.07, 6.45) is -27.8. The number of ether oxygens (including phenoxy) is 3. The Kier molecular flexibility index (Phi) is 7.64. The van der Waals surface area contributed by atoms with Crippen molar-refractivity contribution in [2.24, 2.45) is 0 Å². The highest BCUT2D eigenvalue weighted by atomic mass is 19.4. The maximum Gasteiger partial charge on any atom is 0.574 e. The maximum atomic E-state index is 13.1. The molecule has 3 nitrogen and oxygen atoms in total. The number of rotatable bonds is 6. The largest absolute Gasteiger partial charge is 0.574 e. The summed E-state index contributed by atoms with van der Waals surface area (Å²) in [5.41, 5.74) is 0. The lowest BCUT2D eigenvalue weighted by Crippen LogP contribution is -2.44. The van der Waals surface area contributed by atoms with Gasteiger partial charge in [0.15, 0.2) is 0 Å². The van der Waals surface area contributed by atoms with Crippen molar-refractivity contribution >= 4 is 0 Å². The third-order valence-corrected chi connectivity index (χ3v) is 2.25. The number of alkyl halides is 16. The first-order chi connectivity index (χ1) is 13.2. The highest BCUT2D eigenvalue weighted by Crippen LogP contribution is 2.49. The van der Waals surface area contributed by atoms with Gasteiger partial charge < -0.3 is 14.2 Å². The van der Waals surface area contributed by atoms with Gasteiger partial charge in [0.1, 0.15) is 0 Å². The molecular formula is C10F18O3. The van der Waals surface area contributed by atoms with Crippen molar-refractivity contribution < 1.29 is 93.2 Å². The zero-order valence-electron chi connectivity index (χ0n) is 13.0. The Morgan fingerprint density at radius 1 is 0.419 bits per heavy atom. The van der Waals surface area contributed by atoms with Crippen LogP contribution in [-0.2, 0) is 14.2 Å². The van der Waals surface area contributed by atoms with Crippen molar-refractivity contribution in [2.75, 3.05) is 0 Å². The molecule has 0 unspecified atom stereocenters. The van der Waals surface area contributed by atoms with Crippen molar-refractivity contribution in [1.82, 2.24) is 0 Å². The molecule has 21 heteroatoms. The molecule has 0 amide bonds. The Morgan fingerprint density at radius 2 is 0.645 bits per heavy atom. The SMILES string of the molecule is FC(OC(F)(F)F)=C(OC(=C(F)OC(F)(F)F)C(F)(F)C(F)(F)F)C(F)(F)C(F)(F)F. The van der Waals surface area contributed by atoms with Crippen LogP contribution in [0.5, 0.6) is 0 Å². The first kappa shape index (κ1) is 28.6. The molecule has 0 aromatic carbocycles. The minimum atomic E-state index is -7.35. The molecule has 0 aliphatic rings. The zero-order valence-corrected chi connectivity index (χ0v) is 13.0. The maximum absolute atomic E-state index is 13.1. The van der Waals surface area contributed by atoms with Gasteiger partial charge in [0, 0.05) is 0 Å². The van der Waals surface area contributed by atoms with E-state index >= 15 is 0 Å². The summed E-state index contributed by atoms with van der Waals surface area (Å²) in [7, 11) is 0. The summed E-state index contributed by atoms with van der Waals surface area (Å²) in [5.74, 6) is -23.7. The van der Waals surface area contributed by atoms with Crippen molar-refractivity contribution in [3.63, 3.8) is 0 Å². The second-order valence-corrected chi connectivity index (χ2v) is 4.55. The van der Waals surface area contributed by atoms with Crippen molar-refractivity contribution in [1.29, 1.82) is 0 Å². The van der Waals surface area contributed by atoms with Gasteiger partial charge >= 0.3 is 48.9 Å². The van der Waals surface area contributed by atoms with E-state index in [1.165, 1.54) is 0 Å². The van der Waals surface area contributed by atoms with Crippen LogP contribution >= 0.6 is 0 Å². The topological polar surface area (TPSA) is 27.7 Å². The molecule has 0 aliphatic carbocycles. The molecule has 0 fully saturated rings. The smallest absolute Gasteiger partial charge is 0.440 e. The number of hydrogen-bond acceptors (Lipinski definition) is 3. The normalized spacial score (nSPS) is 16.5. The van der Waals surface area contributed by atoms with E-state index in [0.29, 0.717) is 0 Å². The summed E-state index contributed by atoms with van der Waals surface area (Å²) >= 11 is 0. The highest BCUT2D eigenvalue weighted by molar-refractivity contribution is 5.19. The molecule has 0 heterocycles. The van der Waals surface area contributed by atoms with E-state index in [0.717, 1.165) is 0 Å². The molecule has 0 rings (SSSR count). The molecule has 0 radical (unpaired) electrons. The fourth-order valence-electron chi connectivity index (χ4n) is 1.11. The Balaban J connectivity index is 7.02. The minimum Gasteiger partial charge on any atom is -0.440 e. The first-order valence-electron chi connectivity index (χ1n) is 6.13. The number of allylic oxidation sites excluding steroid dienone is 2. The van der Waals surface area contributed by atoms with Crippen molar-refractivity contribution in [3.05, 3.63) is 23.5 Å². The minimum absolute atomic E-state index is 1.83. The van der Waals surface area contributed by atoms with E-state index < -0.39 is 60.5 Å². The number of halogens is 18. The van der Waals surface area contributed by atoms with Crippen LogP contribution in [0, 0.1) is 0 Å². The van der Waals surface area contributed by atoms with E-state index in [-0.39, 0.29) is 0 Å². The average Bonchev–Trinajstić information content (AvgIpc) is 2.40. The summed E-state index contributed by atoms with van der Waals surface area (Å²) in [6, 6.07) is -8.85. The molecule has 0 aromatic rings. The molecule has 0 aliphatic heterocycles. The van der Waals surface area contributed by atoms with Gasteiger partial charge in [-0.1, -0.05) is 0 Å². The van der Waals surface area contributed by atoms with Gasteiger partial charge in [-0.3, -0.25) is 0 Å². The molecule has 0 bridgehead atoms. The van der Waals surface area contributed by atoms with Crippen molar-refractivity contribution in [3.8, 4) is 0 Å². The summed E-state index contributed by atoms with van der Waals surface area (Å²) < 4.78 is 229. The first-order valence-corrected chi connectivity index (χ1v) is 6.13. The van der Waals surface area contributed by atoms with E-state index in [4.69, 9.17) is 0 Å². The lowest BCUT2D eigenvalue weighted by molar-refractivity contribution is -0.328. The van der Waals surface area contributed by atoms with Gasteiger partial charge in [0.25, 0.3) is 11.5 Å². The average molecular weight is 510 g/mol. The molecule has 0 saturated heterocycles.